The van der Waals surface area contributed by atoms with Crippen molar-refractivity contribution in [1.29, 1.82) is 0 Å². The second-order valence-electron chi connectivity index (χ2n) is 6.97. The molecule has 1 aliphatic rings. The van der Waals surface area contributed by atoms with Crippen LogP contribution in [0, 0.1) is 0 Å². The Morgan fingerprint density at radius 1 is 1.41 bits per heavy atom. The first-order chi connectivity index (χ1) is 12.7. The van der Waals surface area contributed by atoms with Gasteiger partial charge in [0.05, 0.1) is 36.9 Å². The largest absolute Gasteiger partial charge is 0.468 e. The first-order valence-electron chi connectivity index (χ1n) is 8.41. The van der Waals surface area contributed by atoms with Crippen molar-refractivity contribution >= 4 is 23.4 Å². The highest BCUT2D eigenvalue weighted by Crippen LogP contribution is 2.30. The van der Waals surface area contributed by atoms with Crippen LogP contribution in [0.1, 0.15) is 37.4 Å². The van der Waals surface area contributed by atoms with Gasteiger partial charge >= 0.3 is 16.9 Å². The molecular weight excluding hydrogens is 374 g/mol. The standard InChI is InChI=1S/C17H25N3O6S/c1-6-7-25-18-11-8-19(15(22)26-17(2,3)4)9-12-14(11)27-16(23)20(12)10-13(21)24-5/h6,11,18H,1,7-10H2,2-5H3. The molecule has 0 saturated carbocycles. The number of rotatable bonds is 6. The van der Waals surface area contributed by atoms with Crippen molar-refractivity contribution in [3.8, 4) is 0 Å². The summed E-state index contributed by atoms with van der Waals surface area (Å²) in [5, 5.41) is 0. The van der Waals surface area contributed by atoms with E-state index < -0.39 is 23.7 Å². The Kier molecular flexibility index (Phi) is 6.79. The summed E-state index contributed by atoms with van der Waals surface area (Å²) in [6.45, 7) is 9.37. The first kappa shape index (κ1) is 21.1. The third kappa shape index (κ3) is 5.41. The minimum atomic E-state index is -0.653. The third-order valence-corrected chi connectivity index (χ3v) is 4.82. The third-order valence-electron chi connectivity index (χ3n) is 3.68. The summed E-state index contributed by atoms with van der Waals surface area (Å²) in [6.07, 6.45) is 1.07. The molecule has 2 rings (SSSR count). The Bertz CT molecular complexity index is 764. The van der Waals surface area contributed by atoms with Gasteiger partial charge in [0, 0.05) is 6.54 Å². The van der Waals surface area contributed by atoms with Crippen molar-refractivity contribution in [3.63, 3.8) is 0 Å². The van der Waals surface area contributed by atoms with E-state index in [9.17, 15) is 14.4 Å². The quantitative estimate of drug-likeness (QED) is 0.336. The van der Waals surface area contributed by atoms with Gasteiger partial charge in [-0.05, 0) is 20.8 Å². The number of fused-ring (bicyclic) bond motifs is 1. The number of hydroxylamine groups is 1. The van der Waals surface area contributed by atoms with Gasteiger partial charge in [-0.3, -0.25) is 19.0 Å². The minimum Gasteiger partial charge on any atom is -0.468 e. The van der Waals surface area contributed by atoms with Gasteiger partial charge in [0.15, 0.2) is 0 Å². The molecule has 1 aromatic rings. The number of methoxy groups -OCH3 is 1. The molecule has 150 valence electrons. The SMILES string of the molecule is C=CCONC1CN(C(=O)OC(C)(C)C)Cc2c1sc(=O)n2CC(=O)OC. The van der Waals surface area contributed by atoms with Crippen LogP contribution in [0.5, 0.6) is 0 Å². The fourth-order valence-electron chi connectivity index (χ4n) is 2.55. The zero-order valence-electron chi connectivity index (χ0n) is 15.9. The smallest absolute Gasteiger partial charge is 0.410 e. The summed E-state index contributed by atoms with van der Waals surface area (Å²) in [5.41, 5.74) is 2.76. The lowest BCUT2D eigenvalue weighted by molar-refractivity contribution is -0.141. The van der Waals surface area contributed by atoms with E-state index >= 15 is 0 Å². The van der Waals surface area contributed by atoms with Crippen molar-refractivity contribution in [2.45, 2.75) is 45.5 Å². The second kappa shape index (κ2) is 8.68. The molecule has 9 nitrogen and oxygen atoms in total. The predicted molar refractivity (Wildman–Crippen MR) is 99.3 cm³/mol. The lowest BCUT2D eigenvalue weighted by atomic mass is 10.1. The molecule has 0 aliphatic carbocycles. The molecule has 1 amide bonds. The van der Waals surface area contributed by atoms with E-state index in [1.165, 1.54) is 16.6 Å². The van der Waals surface area contributed by atoms with Gasteiger partial charge in [0.25, 0.3) is 0 Å². The summed E-state index contributed by atoms with van der Waals surface area (Å²) >= 11 is 1.01. The Morgan fingerprint density at radius 2 is 2.11 bits per heavy atom. The minimum absolute atomic E-state index is 0.152. The van der Waals surface area contributed by atoms with Gasteiger partial charge in [0.2, 0.25) is 0 Å². The maximum absolute atomic E-state index is 12.5. The van der Waals surface area contributed by atoms with E-state index in [1.54, 1.807) is 26.8 Å². The molecule has 1 aliphatic heterocycles. The molecule has 1 unspecified atom stereocenters. The lowest BCUT2D eigenvalue weighted by Crippen LogP contribution is -2.45. The Balaban J connectivity index is 2.34. The van der Waals surface area contributed by atoms with E-state index in [0.717, 1.165) is 11.3 Å². The zero-order chi connectivity index (χ0) is 20.2. The fourth-order valence-corrected chi connectivity index (χ4v) is 3.58. The topological polar surface area (TPSA) is 99.1 Å². The number of esters is 1. The molecule has 0 fully saturated rings. The van der Waals surface area contributed by atoms with Gasteiger partial charge in [-0.2, -0.15) is 5.48 Å². The maximum atomic E-state index is 12.5. The van der Waals surface area contributed by atoms with Crippen LogP contribution in [0.4, 0.5) is 4.79 Å². The molecule has 0 spiro atoms. The summed E-state index contributed by atoms with van der Waals surface area (Å²) in [5.74, 6) is -0.542. The van der Waals surface area contributed by atoms with Gasteiger partial charge in [-0.15, -0.1) is 6.58 Å². The number of nitrogens with zero attached hydrogens (tertiary/aromatic N) is 2. The summed E-state index contributed by atoms with van der Waals surface area (Å²) in [4.78, 5) is 43.8. The van der Waals surface area contributed by atoms with Crippen LogP contribution in [0.3, 0.4) is 0 Å². The lowest BCUT2D eigenvalue weighted by Gasteiger charge is -2.34. The molecular formula is C17H25N3O6S. The second-order valence-corrected chi connectivity index (χ2v) is 7.97. The van der Waals surface area contributed by atoms with Gasteiger partial charge in [0.1, 0.15) is 12.1 Å². The number of carbonyl (C=O) groups is 2. The maximum Gasteiger partial charge on any atom is 0.410 e. The Labute approximate surface area is 161 Å². The number of ether oxygens (including phenoxy) is 2. The summed E-state index contributed by atoms with van der Waals surface area (Å²) < 4.78 is 11.4. The van der Waals surface area contributed by atoms with Gasteiger partial charge < -0.3 is 14.4 Å². The van der Waals surface area contributed by atoms with Gasteiger partial charge in [-0.25, -0.2) is 4.79 Å². The van der Waals surface area contributed by atoms with E-state index in [-0.39, 0.29) is 31.1 Å². The number of thiazole rings is 1. The van der Waals surface area contributed by atoms with Crippen LogP contribution in [0.25, 0.3) is 0 Å². The van der Waals surface area contributed by atoms with Crippen molar-refractivity contribution in [3.05, 3.63) is 32.9 Å². The number of amides is 1. The van der Waals surface area contributed by atoms with E-state index in [0.29, 0.717) is 10.6 Å². The highest BCUT2D eigenvalue weighted by molar-refractivity contribution is 7.09. The normalized spacial score (nSPS) is 16.6. The molecule has 10 heteroatoms. The van der Waals surface area contributed by atoms with Crippen LogP contribution in [-0.2, 0) is 32.2 Å². The van der Waals surface area contributed by atoms with Crippen LogP contribution in [0.15, 0.2) is 17.4 Å². The van der Waals surface area contributed by atoms with Crippen molar-refractivity contribution in [2.75, 3.05) is 20.3 Å². The van der Waals surface area contributed by atoms with Crippen LogP contribution >= 0.6 is 11.3 Å². The van der Waals surface area contributed by atoms with E-state index in [1.807, 2.05) is 0 Å². The number of aromatic nitrogens is 1. The molecule has 0 saturated heterocycles. The summed E-state index contributed by atoms with van der Waals surface area (Å²) in [7, 11) is 1.26. The average Bonchev–Trinajstić information content (AvgIpc) is 2.89. The average molecular weight is 399 g/mol. The number of carbonyl (C=O) groups excluding carboxylic acids is 2. The Hall–Kier alpha value is -2.17. The monoisotopic (exact) mass is 399 g/mol. The van der Waals surface area contributed by atoms with Crippen molar-refractivity contribution in [1.82, 2.24) is 14.9 Å². The molecule has 0 radical (unpaired) electrons. The highest BCUT2D eigenvalue weighted by Gasteiger charge is 2.35. The molecule has 1 atom stereocenters. The first-order valence-corrected chi connectivity index (χ1v) is 9.23. The summed E-state index contributed by atoms with van der Waals surface area (Å²) in [6, 6.07) is -0.433. The van der Waals surface area contributed by atoms with Crippen LogP contribution < -0.4 is 10.4 Å². The van der Waals surface area contributed by atoms with Crippen LogP contribution in [-0.4, -0.2) is 47.4 Å². The Morgan fingerprint density at radius 3 is 2.70 bits per heavy atom. The fraction of sp³-hybridized carbons (Fsp3) is 0.588. The highest BCUT2D eigenvalue weighted by atomic mass is 32.1. The molecule has 27 heavy (non-hydrogen) atoms. The van der Waals surface area contributed by atoms with E-state index in [4.69, 9.17) is 9.57 Å². The van der Waals surface area contributed by atoms with Gasteiger partial charge in [-0.1, -0.05) is 17.4 Å². The van der Waals surface area contributed by atoms with E-state index in [2.05, 4.69) is 16.8 Å². The van der Waals surface area contributed by atoms with Crippen LogP contribution in [0.2, 0.25) is 0 Å². The van der Waals surface area contributed by atoms with Crippen molar-refractivity contribution < 1.29 is 23.9 Å². The number of hydrogen-bond acceptors (Lipinski definition) is 8. The molecule has 1 N–H and O–H groups in total. The molecule has 2 heterocycles. The molecule has 0 aromatic carbocycles. The predicted octanol–water partition coefficient (Wildman–Crippen LogP) is 1.58. The van der Waals surface area contributed by atoms with Crippen molar-refractivity contribution in [2.24, 2.45) is 0 Å². The molecule has 0 bridgehead atoms. The molecule has 1 aromatic heterocycles. The number of nitrogens with one attached hydrogen (secondary N) is 1. The number of hydrogen-bond donors (Lipinski definition) is 1. The zero-order valence-corrected chi connectivity index (χ0v) is 16.8.